The lowest BCUT2D eigenvalue weighted by Gasteiger charge is -2.29. The standard InChI is InChI=1S/C11H14FN3O5S/c12-9-4-7(15(17)18)5-10(13)11(9)21(19,20)14-3-1-2-8(16)6-14/h4-5,8,16H,1-3,6,13H2. The third kappa shape index (κ3) is 2.96. The maximum absolute atomic E-state index is 14.0. The SMILES string of the molecule is Nc1cc([N+](=O)[O-])cc(F)c1S(=O)(=O)N1CCCC(O)C1. The molecule has 1 aromatic carbocycles. The van der Waals surface area contributed by atoms with E-state index in [4.69, 9.17) is 5.73 Å². The van der Waals surface area contributed by atoms with E-state index in [1.54, 1.807) is 0 Å². The van der Waals surface area contributed by atoms with Crippen molar-refractivity contribution in [2.24, 2.45) is 0 Å². The molecule has 3 N–H and O–H groups in total. The molecule has 1 heterocycles. The number of nitrogens with zero attached hydrogens (tertiary/aromatic N) is 2. The number of rotatable bonds is 3. The number of halogens is 1. The van der Waals surface area contributed by atoms with E-state index in [1.807, 2.05) is 0 Å². The minimum Gasteiger partial charge on any atom is -0.397 e. The molecule has 1 fully saturated rings. The number of nitro groups is 1. The maximum atomic E-state index is 14.0. The lowest BCUT2D eigenvalue weighted by atomic mass is 10.1. The van der Waals surface area contributed by atoms with E-state index in [-0.39, 0.29) is 13.1 Å². The molecule has 0 spiro atoms. The summed E-state index contributed by atoms with van der Waals surface area (Å²) in [7, 11) is -4.25. The first kappa shape index (κ1) is 15.6. The summed E-state index contributed by atoms with van der Waals surface area (Å²) in [5, 5.41) is 20.1. The smallest absolute Gasteiger partial charge is 0.274 e. The Labute approximate surface area is 120 Å². The van der Waals surface area contributed by atoms with Gasteiger partial charge in [0.1, 0.15) is 4.90 Å². The molecule has 116 valence electrons. The van der Waals surface area contributed by atoms with Crippen LogP contribution in [0.15, 0.2) is 17.0 Å². The zero-order valence-corrected chi connectivity index (χ0v) is 11.7. The van der Waals surface area contributed by atoms with Gasteiger partial charge < -0.3 is 10.8 Å². The van der Waals surface area contributed by atoms with Crippen molar-refractivity contribution < 1.29 is 22.8 Å². The summed E-state index contributed by atoms with van der Waals surface area (Å²) >= 11 is 0. The van der Waals surface area contributed by atoms with Gasteiger partial charge in [-0.15, -0.1) is 0 Å². The predicted molar refractivity (Wildman–Crippen MR) is 71.5 cm³/mol. The fourth-order valence-corrected chi connectivity index (χ4v) is 3.90. The van der Waals surface area contributed by atoms with Gasteiger partial charge in [0.2, 0.25) is 10.0 Å². The topological polar surface area (TPSA) is 127 Å². The predicted octanol–water partition coefficient (Wildman–Crippen LogP) is 0.462. The van der Waals surface area contributed by atoms with Crippen molar-refractivity contribution in [3.8, 4) is 0 Å². The number of sulfonamides is 1. The van der Waals surface area contributed by atoms with Gasteiger partial charge in [-0.25, -0.2) is 12.8 Å². The molecule has 1 aliphatic rings. The van der Waals surface area contributed by atoms with Crippen LogP contribution >= 0.6 is 0 Å². The van der Waals surface area contributed by atoms with E-state index in [0.717, 1.165) is 10.4 Å². The van der Waals surface area contributed by atoms with E-state index >= 15 is 0 Å². The van der Waals surface area contributed by atoms with Crippen LogP contribution in [0.3, 0.4) is 0 Å². The average molecular weight is 319 g/mol. The Morgan fingerprint density at radius 3 is 2.67 bits per heavy atom. The number of benzene rings is 1. The van der Waals surface area contributed by atoms with E-state index in [9.17, 15) is 28.0 Å². The summed E-state index contributed by atoms with van der Waals surface area (Å²) in [6.45, 7) is -0.0204. The lowest BCUT2D eigenvalue weighted by Crippen LogP contribution is -2.42. The van der Waals surface area contributed by atoms with Gasteiger partial charge >= 0.3 is 0 Å². The number of anilines is 1. The summed E-state index contributed by atoms with van der Waals surface area (Å²) < 4.78 is 39.7. The molecular formula is C11H14FN3O5S. The third-order valence-electron chi connectivity index (χ3n) is 3.23. The highest BCUT2D eigenvalue weighted by atomic mass is 32.2. The monoisotopic (exact) mass is 319 g/mol. The first-order valence-electron chi connectivity index (χ1n) is 6.15. The van der Waals surface area contributed by atoms with Gasteiger partial charge in [-0.2, -0.15) is 4.31 Å². The Bertz CT molecular complexity index is 655. The molecular weight excluding hydrogens is 305 g/mol. The number of nitrogen functional groups attached to an aromatic ring is 1. The molecule has 0 bridgehead atoms. The largest absolute Gasteiger partial charge is 0.397 e. The summed E-state index contributed by atoms with van der Waals surface area (Å²) in [6.07, 6.45) is 0.0787. The molecule has 1 saturated heterocycles. The molecule has 0 amide bonds. The van der Waals surface area contributed by atoms with Crippen molar-refractivity contribution in [2.45, 2.75) is 23.8 Å². The van der Waals surface area contributed by atoms with Crippen molar-refractivity contribution in [2.75, 3.05) is 18.8 Å². The van der Waals surface area contributed by atoms with E-state index in [1.165, 1.54) is 0 Å². The molecule has 1 aliphatic heterocycles. The Balaban J connectivity index is 2.47. The minimum atomic E-state index is -4.25. The van der Waals surface area contributed by atoms with Gasteiger partial charge in [0.05, 0.1) is 22.8 Å². The molecule has 0 aromatic heterocycles. The Hall–Kier alpha value is -1.78. The van der Waals surface area contributed by atoms with Crippen LogP contribution < -0.4 is 5.73 Å². The van der Waals surface area contributed by atoms with Gasteiger partial charge in [-0.1, -0.05) is 0 Å². The fraction of sp³-hybridized carbons (Fsp3) is 0.455. The average Bonchev–Trinajstić information content (AvgIpc) is 2.37. The maximum Gasteiger partial charge on any atom is 0.274 e. The molecule has 0 aliphatic carbocycles. The minimum absolute atomic E-state index is 0.134. The van der Waals surface area contributed by atoms with E-state index in [2.05, 4.69) is 0 Å². The molecule has 0 radical (unpaired) electrons. The van der Waals surface area contributed by atoms with Crippen molar-refractivity contribution >= 4 is 21.4 Å². The normalized spacial score (nSPS) is 20.4. The van der Waals surface area contributed by atoms with Crippen LogP contribution in [-0.4, -0.2) is 41.9 Å². The van der Waals surface area contributed by atoms with Crippen LogP contribution in [0.5, 0.6) is 0 Å². The number of aliphatic hydroxyl groups excluding tert-OH is 1. The Morgan fingerprint density at radius 1 is 1.48 bits per heavy atom. The molecule has 1 aromatic rings. The first-order chi connectivity index (χ1) is 9.73. The van der Waals surface area contributed by atoms with Crippen molar-refractivity contribution in [1.29, 1.82) is 0 Å². The van der Waals surface area contributed by atoms with Crippen LogP contribution in [0.4, 0.5) is 15.8 Å². The zero-order valence-electron chi connectivity index (χ0n) is 10.9. The van der Waals surface area contributed by atoms with Crippen LogP contribution in [0.2, 0.25) is 0 Å². The van der Waals surface area contributed by atoms with Crippen LogP contribution in [0.25, 0.3) is 0 Å². The van der Waals surface area contributed by atoms with Gasteiger partial charge in [-0.05, 0) is 12.8 Å². The molecule has 1 unspecified atom stereocenters. The number of piperidine rings is 1. The second kappa shape index (κ2) is 5.54. The molecule has 2 rings (SSSR count). The van der Waals surface area contributed by atoms with Gasteiger partial charge in [0.25, 0.3) is 5.69 Å². The summed E-state index contributed by atoms with van der Waals surface area (Å²) in [5.74, 6) is -1.28. The number of aliphatic hydroxyl groups is 1. The quantitative estimate of drug-likeness (QED) is 0.473. The number of non-ortho nitro benzene ring substituents is 1. The zero-order chi connectivity index (χ0) is 15.8. The molecule has 0 saturated carbocycles. The third-order valence-corrected chi connectivity index (χ3v) is 5.18. The summed E-state index contributed by atoms with van der Waals surface area (Å²) in [6, 6.07) is 1.32. The van der Waals surface area contributed by atoms with E-state index in [0.29, 0.717) is 18.9 Å². The van der Waals surface area contributed by atoms with Crippen molar-refractivity contribution in [1.82, 2.24) is 4.31 Å². The van der Waals surface area contributed by atoms with Crippen LogP contribution in [0, 0.1) is 15.9 Å². The highest BCUT2D eigenvalue weighted by Crippen LogP contribution is 2.31. The van der Waals surface area contributed by atoms with Gasteiger partial charge in [0, 0.05) is 19.2 Å². The summed E-state index contributed by atoms with van der Waals surface area (Å²) in [5.41, 5.74) is 4.33. The first-order valence-corrected chi connectivity index (χ1v) is 7.59. The van der Waals surface area contributed by atoms with Crippen molar-refractivity contribution in [3.05, 3.63) is 28.1 Å². The van der Waals surface area contributed by atoms with Gasteiger partial charge in [-0.3, -0.25) is 10.1 Å². The second-order valence-electron chi connectivity index (χ2n) is 4.76. The lowest BCUT2D eigenvalue weighted by molar-refractivity contribution is -0.385. The summed E-state index contributed by atoms with van der Waals surface area (Å²) in [4.78, 5) is 8.95. The number of hydrogen-bond donors (Lipinski definition) is 2. The van der Waals surface area contributed by atoms with Gasteiger partial charge in [0.15, 0.2) is 5.82 Å². The number of hydrogen-bond acceptors (Lipinski definition) is 6. The highest BCUT2D eigenvalue weighted by Gasteiger charge is 2.34. The number of β-amino-alcohol motifs (C(OH)–C–C–N with tert-alkyl or cyclic N) is 1. The fourth-order valence-electron chi connectivity index (χ4n) is 2.25. The second-order valence-corrected chi connectivity index (χ2v) is 6.64. The highest BCUT2D eigenvalue weighted by molar-refractivity contribution is 7.89. The van der Waals surface area contributed by atoms with Crippen LogP contribution in [-0.2, 0) is 10.0 Å². The number of nitrogens with two attached hydrogens (primary N) is 1. The Kier molecular flexibility index (Phi) is 4.12. The van der Waals surface area contributed by atoms with Crippen molar-refractivity contribution in [3.63, 3.8) is 0 Å². The number of nitro benzene ring substituents is 1. The molecule has 8 nitrogen and oxygen atoms in total. The molecule has 1 atom stereocenters. The van der Waals surface area contributed by atoms with Crippen LogP contribution in [0.1, 0.15) is 12.8 Å². The Morgan fingerprint density at radius 2 is 2.14 bits per heavy atom. The molecule has 10 heteroatoms. The molecule has 21 heavy (non-hydrogen) atoms. The van der Waals surface area contributed by atoms with E-state index < -0.39 is 43.1 Å².